The molecule has 2 aliphatic heterocycles. The summed E-state index contributed by atoms with van der Waals surface area (Å²) in [6.07, 6.45) is 4.19. The highest BCUT2D eigenvalue weighted by Gasteiger charge is 2.35. The van der Waals surface area contributed by atoms with Gasteiger partial charge in [-0.25, -0.2) is 18.7 Å². The summed E-state index contributed by atoms with van der Waals surface area (Å²) >= 11 is 0. The number of β-amino-alcohol motifs (C(OH)–C–C–N with tert-alkyl or cyclic N) is 1. The molecular weight excluding hydrogens is 562 g/mol. The molecule has 13 heteroatoms. The fourth-order valence-electron chi connectivity index (χ4n) is 5.43. The van der Waals surface area contributed by atoms with E-state index in [4.69, 9.17) is 18.9 Å². The molecule has 2 fully saturated rings. The maximum absolute atomic E-state index is 14.6. The number of aliphatic hydroxyl groups is 1. The summed E-state index contributed by atoms with van der Waals surface area (Å²) in [7, 11) is 4.19. The van der Waals surface area contributed by atoms with Gasteiger partial charge in [0.25, 0.3) is 0 Å². The lowest BCUT2D eigenvalue weighted by atomic mass is 9.90. The molecule has 2 aliphatic rings. The number of piperidine rings is 1. The van der Waals surface area contributed by atoms with Crippen molar-refractivity contribution >= 4 is 17.3 Å². The Hall–Kier alpha value is -3.94. The molecule has 0 radical (unpaired) electrons. The van der Waals surface area contributed by atoms with Crippen LogP contribution < -0.4 is 34.5 Å². The van der Waals surface area contributed by atoms with Crippen LogP contribution in [0.2, 0.25) is 0 Å². The molecule has 11 nitrogen and oxygen atoms in total. The fourth-order valence-corrected chi connectivity index (χ4v) is 5.43. The van der Waals surface area contributed by atoms with Crippen LogP contribution in [0.1, 0.15) is 18.4 Å². The van der Waals surface area contributed by atoms with Gasteiger partial charge >= 0.3 is 0 Å². The van der Waals surface area contributed by atoms with Crippen LogP contribution in [0.3, 0.4) is 0 Å². The lowest BCUT2D eigenvalue weighted by Gasteiger charge is -2.42. The van der Waals surface area contributed by atoms with Crippen molar-refractivity contribution < 1.29 is 32.8 Å². The highest BCUT2D eigenvalue weighted by molar-refractivity contribution is 5.67. The van der Waals surface area contributed by atoms with Crippen LogP contribution in [-0.4, -0.2) is 92.7 Å². The summed E-state index contributed by atoms with van der Waals surface area (Å²) in [5.74, 6) is -0.820. The first-order chi connectivity index (χ1) is 20.8. The number of methoxy groups -OCH3 is 3. The average molecular weight is 601 g/mol. The summed E-state index contributed by atoms with van der Waals surface area (Å²) in [4.78, 5) is 13.1. The molecule has 0 saturated carbocycles. The Bertz CT molecular complexity index is 1350. The Kier molecular flexibility index (Phi) is 9.63. The first kappa shape index (κ1) is 30.5. The van der Waals surface area contributed by atoms with Crippen molar-refractivity contribution in [1.82, 2.24) is 20.2 Å². The number of rotatable bonds is 11. The molecule has 0 aliphatic carbocycles. The Balaban J connectivity index is 1.18. The first-order valence-corrected chi connectivity index (χ1v) is 14.2. The monoisotopic (exact) mass is 600 g/mol. The van der Waals surface area contributed by atoms with Crippen LogP contribution in [-0.2, 0) is 6.61 Å². The van der Waals surface area contributed by atoms with Gasteiger partial charge in [-0.15, -0.1) is 0 Å². The molecule has 0 bridgehead atoms. The Morgan fingerprint density at radius 2 is 1.53 bits per heavy atom. The van der Waals surface area contributed by atoms with Crippen molar-refractivity contribution in [2.45, 2.75) is 25.0 Å². The minimum absolute atomic E-state index is 0.151. The van der Waals surface area contributed by atoms with Crippen molar-refractivity contribution in [3.8, 4) is 23.0 Å². The van der Waals surface area contributed by atoms with E-state index < -0.39 is 23.8 Å². The predicted molar refractivity (Wildman–Crippen MR) is 158 cm³/mol. The smallest absolute Gasteiger partial charge is 0.227 e. The summed E-state index contributed by atoms with van der Waals surface area (Å²) in [5, 5.41) is 17.7. The van der Waals surface area contributed by atoms with Crippen molar-refractivity contribution in [2.75, 3.05) is 77.4 Å². The number of hydrogen-bond acceptors (Lipinski definition) is 11. The van der Waals surface area contributed by atoms with E-state index in [1.54, 1.807) is 7.11 Å². The molecule has 2 aromatic carbocycles. The highest BCUT2D eigenvalue weighted by Crippen LogP contribution is 2.36. The molecule has 0 atom stereocenters. The topological polar surface area (TPSA) is 113 Å². The molecule has 0 spiro atoms. The van der Waals surface area contributed by atoms with Crippen molar-refractivity contribution in [3.63, 3.8) is 0 Å². The van der Waals surface area contributed by atoms with E-state index in [9.17, 15) is 13.9 Å². The SMILES string of the molecule is COc1cc(Nc2ncc(OCc3c(F)c(OC)cc(OC)c3F)cn2)ccc1N1CCC(O)(CN2CCNCC2)CC1. The standard InChI is InChI=1S/C30H38F2N6O5/c1-40-24-14-20(4-5-23(24)38-10-6-30(39,7-11-38)19-37-12-8-33-9-13-37)36-29-34-16-21(17-35-29)43-18-22-27(31)25(41-2)15-26(42-3)28(22)32/h4-5,14-17,33,39H,6-13,18-19H2,1-3H3,(H,34,35,36). The van der Waals surface area contributed by atoms with E-state index in [0.717, 1.165) is 51.0 Å². The molecule has 1 aromatic heterocycles. The molecule has 232 valence electrons. The third-order valence-electron chi connectivity index (χ3n) is 7.87. The number of benzene rings is 2. The molecule has 3 N–H and O–H groups in total. The zero-order valence-corrected chi connectivity index (χ0v) is 24.7. The van der Waals surface area contributed by atoms with Gasteiger partial charge in [0.15, 0.2) is 28.9 Å². The maximum Gasteiger partial charge on any atom is 0.227 e. The number of halogens is 2. The third-order valence-corrected chi connectivity index (χ3v) is 7.87. The summed E-state index contributed by atoms with van der Waals surface area (Å²) in [6, 6.07) is 6.90. The van der Waals surface area contributed by atoms with E-state index in [1.807, 2.05) is 18.2 Å². The Labute approximate surface area is 249 Å². The zero-order chi connectivity index (χ0) is 30.4. The van der Waals surface area contributed by atoms with Crippen LogP contribution in [0.25, 0.3) is 0 Å². The quantitative estimate of drug-likeness (QED) is 0.301. The lowest BCUT2D eigenvalue weighted by molar-refractivity contribution is -0.0186. The van der Waals surface area contributed by atoms with E-state index in [0.29, 0.717) is 36.8 Å². The van der Waals surface area contributed by atoms with Gasteiger partial charge in [-0.3, -0.25) is 4.90 Å². The number of nitrogens with one attached hydrogen (secondary N) is 2. The van der Waals surface area contributed by atoms with Crippen molar-refractivity contribution in [2.24, 2.45) is 0 Å². The largest absolute Gasteiger partial charge is 0.495 e. The van der Waals surface area contributed by atoms with Gasteiger partial charge in [0.2, 0.25) is 5.95 Å². The second-order valence-electron chi connectivity index (χ2n) is 10.7. The molecule has 0 amide bonds. The van der Waals surface area contributed by atoms with E-state index in [2.05, 4.69) is 30.4 Å². The number of nitrogens with zero attached hydrogens (tertiary/aromatic N) is 4. The number of hydrogen-bond donors (Lipinski definition) is 3. The van der Waals surface area contributed by atoms with Gasteiger partial charge in [0, 0.05) is 63.6 Å². The summed E-state index contributed by atoms with van der Waals surface area (Å²) in [6.45, 7) is 5.61. The van der Waals surface area contributed by atoms with Gasteiger partial charge in [-0.1, -0.05) is 0 Å². The van der Waals surface area contributed by atoms with Crippen LogP contribution in [0.5, 0.6) is 23.0 Å². The first-order valence-electron chi connectivity index (χ1n) is 14.2. The normalized spacial score (nSPS) is 16.9. The molecule has 3 aromatic rings. The molecule has 43 heavy (non-hydrogen) atoms. The minimum atomic E-state index is -0.868. The third kappa shape index (κ3) is 7.17. The maximum atomic E-state index is 14.6. The van der Waals surface area contributed by atoms with E-state index in [1.165, 1.54) is 26.6 Å². The zero-order valence-electron chi connectivity index (χ0n) is 24.7. The van der Waals surface area contributed by atoms with E-state index in [-0.39, 0.29) is 22.8 Å². The lowest BCUT2D eigenvalue weighted by Crippen LogP contribution is -2.54. The van der Waals surface area contributed by atoms with Gasteiger partial charge in [-0.2, -0.15) is 0 Å². The van der Waals surface area contributed by atoms with Crippen LogP contribution >= 0.6 is 0 Å². The number of piperazine rings is 1. The van der Waals surface area contributed by atoms with Crippen LogP contribution in [0.15, 0.2) is 36.7 Å². The number of anilines is 3. The van der Waals surface area contributed by atoms with Crippen LogP contribution in [0.4, 0.5) is 26.1 Å². The van der Waals surface area contributed by atoms with Crippen LogP contribution in [0, 0.1) is 11.6 Å². The Morgan fingerprint density at radius 3 is 2.14 bits per heavy atom. The van der Waals surface area contributed by atoms with Gasteiger partial charge in [-0.05, 0) is 25.0 Å². The second kappa shape index (κ2) is 13.6. The van der Waals surface area contributed by atoms with Crippen molar-refractivity contribution in [1.29, 1.82) is 0 Å². The molecule has 0 unspecified atom stereocenters. The fraction of sp³-hybridized carbons (Fsp3) is 0.467. The van der Waals surface area contributed by atoms with Gasteiger partial charge in [0.1, 0.15) is 12.4 Å². The summed E-state index contributed by atoms with van der Waals surface area (Å²) in [5.41, 5.74) is 0.659. The molecule has 2 saturated heterocycles. The van der Waals surface area contributed by atoms with E-state index >= 15 is 0 Å². The number of aromatic nitrogens is 2. The molecular formula is C30H38F2N6O5. The van der Waals surface area contributed by atoms with Gasteiger partial charge in [0.05, 0.1) is 50.6 Å². The predicted octanol–water partition coefficient (Wildman–Crippen LogP) is 3.34. The second-order valence-corrected chi connectivity index (χ2v) is 10.7. The average Bonchev–Trinajstić information content (AvgIpc) is 3.03. The van der Waals surface area contributed by atoms with Crippen molar-refractivity contribution in [3.05, 3.63) is 53.9 Å². The van der Waals surface area contributed by atoms with Gasteiger partial charge < -0.3 is 39.6 Å². The highest BCUT2D eigenvalue weighted by atomic mass is 19.1. The molecule has 5 rings (SSSR count). The molecule has 3 heterocycles. The Morgan fingerprint density at radius 1 is 0.907 bits per heavy atom. The summed E-state index contributed by atoms with van der Waals surface area (Å²) < 4.78 is 50.4. The number of ether oxygens (including phenoxy) is 4. The minimum Gasteiger partial charge on any atom is -0.495 e.